The van der Waals surface area contributed by atoms with Crippen molar-refractivity contribution in [2.75, 3.05) is 7.05 Å². The summed E-state index contributed by atoms with van der Waals surface area (Å²) in [7, 11) is 1.59. The zero-order valence-electron chi connectivity index (χ0n) is 11.7. The third kappa shape index (κ3) is 3.92. The van der Waals surface area contributed by atoms with Crippen LogP contribution >= 0.6 is 0 Å². The number of hydrogen-bond acceptors (Lipinski definition) is 3. The number of ether oxygens (including phenoxy) is 1. The van der Waals surface area contributed by atoms with Crippen LogP contribution in [-0.2, 0) is 4.79 Å². The number of carboxylic acids is 1. The van der Waals surface area contributed by atoms with Crippen LogP contribution in [-0.4, -0.2) is 29.8 Å². The van der Waals surface area contributed by atoms with Gasteiger partial charge in [0, 0.05) is 12.5 Å². The SMILES string of the molecule is CNC(C)(CC(C)Oc1ccc(C)c(F)c1)C(=O)O. The summed E-state index contributed by atoms with van der Waals surface area (Å²) in [5, 5.41) is 11.9. The monoisotopic (exact) mass is 269 g/mol. The Morgan fingerprint density at radius 3 is 2.68 bits per heavy atom. The summed E-state index contributed by atoms with van der Waals surface area (Å²) in [5.74, 6) is -0.876. The minimum atomic E-state index is -1.07. The normalized spacial score (nSPS) is 15.6. The summed E-state index contributed by atoms with van der Waals surface area (Å²) in [4.78, 5) is 11.2. The largest absolute Gasteiger partial charge is 0.491 e. The molecule has 0 heterocycles. The minimum absolute atomic E-state index is 0.272. The molecular formula is C14H20FNO3. The van der Waals surface area contributed by atoms with Gasteiger partial charge < -0.3 is 15.2 Å². The fourth-order valence-electron chi connectivity index (χ4n) is 1.79. The number of aryl methyl sites for hydroxylation is 1. The van der Waals surface area contributed by atoms with Crippen molar-refractivity contribution in [2.45, 2.75) is 38.8 Å². The minimum Gasteiger partial charge on any atom is -0.491 e. The number of halogens is 1. The van der Waals surface area contributed by atoms with Gasteiger partial charge in [0.25, 0.3) is 0 Å². The van der Waals surface area contributed by atoms with E-state index in [-0.39, 0.29) is 18.3 Å². The van der Waals surface area contributed by atoms with E-state index in [0.717, 1.165) is 0 Å². The molecule has 0 fully saturated rings. The molecule has 19 heavy (non-hydrogen) atoms. The molecule has 2 unspecified atom stereocenters. The van der Waals surface area contributed by atoms with Crippen LogP contribution in [0.4, 0.5) is 4.39 Å². The number of carboxylic acid groups (broad SMARTS) is 1. The van der Waals surface area contributed by atoms with E-state index in [1.165, 1.54) is 6.07 Å². The predicted molar refractivity (Wildman–Crippen MR) is 70.9 cm³/mol. The topological polar surface area (TPSA) is 58.6 Å². The second-order valence-corrected chi connectivity index (χ2v) is 4.93. The number of likely N-dealkylation sites (N-methyl/N-ethyl adjacent to an activating group) is 1. The summed E-state index contributed by atoms with van der Waals surface area (Å²) in [6, 6.07) is 4.61. The molecule has 1 aromatic carbocycles. The maximum Gasteiger partial charge on any atom is 0.323 e. The van der Waals surface area contributed by atoms with Crippen LogP contribution in [0.25, 0.3) is 0 Å². The van der Waals surface area contributed by atoms with Crippen molar-refractivity contribution in [3.05, 3.63) is 29.6 Å². The molecular weight excluding hydrogens is 249 g/mol. The first-order valence-corrected chi connectivity index (χ1v) is 6.13. The summed E-state index contributed by atoms with van der Waals surface area (Å²) < 4.78 is 18.9. The van der Waals surface area contributed by atoms with E-state index in [9.17, 15) is 9.18 Å². The first kappa shape index (κ1) is 15.4. The molecule has 1 rings (SSSR count). The van der Waals surface area contributed by atoms with Gasteiger partial charge in [0.2, 0.25) is 0 Å². The highest BCUT2D eigenvalue weighted by molar-refractivity contribution is 5.78. The van der Waals surface area contributed by atoms with Gasteiger partial charge in [-0.2, -0.15) is 0 Å². The van der Waals surface area contributed by atoms with Gasteiger partial charge in [-0.05, 0) is 39.4 Å². The van der Waals surface area contributed by atoms with E-state index < -0.39 is 11.5 Å². The molecule has 0 amide bonds. The Bertz CT molecular complexity index is 464. The van der Waals surface area contributed by atoms with Gasteiger partial charge in [0.1, 0.15) is 17.1 Å². The maximum atomic E-state index is 13.4. The summed E-state index contributed by atoms with van der Waals surface area (Å²) in [5.41, 5.74) is -0.520. The van der Waals surface area contributed by atoms with E-state index in [1.54, 1.807) is 40.0 Å². The van der Waals surface area contributed by atoms with Crippen molar-refractivity contribution in [3.63, 3.8) is 0 Å². The van der Waals surface area contributed by atoms with Crippen LogP contribution in [0.1, 0.15) is 25.8 Å². The molecule has 0 aliphatic carbocycles. The smallest absolute Gasteiger partial charge is 0.323 e. The molecule has 0 aliphatic heterocycles. The molecule has 2 N–H and O–H groups in total. The van der Waals surface area contributed by atoms with Crippen LogP contribution < -0.4 is 10.1 Å². The Labute approximate surface area is 112 Å². The van der Waals surface area contributed by atoms with Crippen LogP contribution in [0.5, 0.6) is 5.75 Å². The van der Waals surface area contributed by atoms with Crippen LogP contribution in [0.3, 0.4) is 0 Å². The Morgan fingerprint density at radius 1 is 1.58 bits per heavy atom. The lowest BCUT2D eigenvalue weighted by molar-refractivity contribution is -0.145. The van der Waals surface area contributed by atoms with Crippen molar-refractivity contribution in [1.29, 1.82) is 0 Å². The van der Waals surface area contributed by atoms with E-state index in [1.807, 2.05) is 0 Å². The van der Waals surface area contributed by atoms with Crippen molar-refractivity contribution < 1.29 is 19.0 Å². The van der Waals surface area contributed by atoms with Crippen LogP contribution in [0.2, 0.25) is 0 Å². The molecule has 0 radical (unpaired) electrons. The molecule has 0 spiro atoms. The maximum absolute atomic E-state index is 13.4. The van der Waals surface area contributed by atoms with Crippen molar-refractivity contribution in [3.8, 4) is 5.75 Å². The summed E-state index contributed by atoms with van der Waals surface area (Å²) in [6.07, 6.45) is -0.0791. The van der Waals surface area contributed by atoms with Gasteiger partial charge >= 0.3 is 5.97 Å². The molecule has 4 nitrogen and oxygen atoms in total. The van der Waals surface area contributed by atoms with E-state index in [4.69, 9.17) is 9.84 Å². The lowest BCUT2D eigenvalue weighted by Crippen LogP contribution is -2.50. The van der Waals surface area contributed by atoms with Crippen molar-refractivity contribution in [1.82, 2.24) is 5.32 Å². The highest BCUT2D eigenvalue weighted by Gasteiger charge is 2.33. The molecule has 0 saturated heterocycles. The third-order valence-corrected chi connectivity index (χ3v) is 3.20. The third-order valence-electron chi connectivity index (χ3n) is 3.20. The number of aliphatic carboxylic acids is 1. The molecule has 0 aliphatic rings. The number of hydrogen-bond donors (Lipinski definition) is 2. The molecule has 0 saturated carbocycles. The van der Waals surface area contributed by atoms with E-state index in [0.29, 0.717) is 11.3 Å². The Kier molecular flexibility index (Phi) is 4.89. The van der Waals surface area contributed by atoms with Crippen molar-refractivity contribution in [2.24, 2.45) is 0 Å². The van der Waals surface area contributed by atoms with Crippen LogP contribution in [0, 0.1) is 12.7 Å². The highest BCUT2D eigenvalue weighted by Crippen LogP contribution is 2.20. The molecule has 2 atom stereocenters. The average Bonchev–Trinajstić information content (AvgIpc) is 2.33. The van der Waals surface area contributed by atoms with Crippen LogP contribution in [0.15, 0.2) is 18.2 Å². The molecule has 106 valence electrons. The summed E-state index contributed by atoms with van der Waals surface area (Å²) in [6.45, 7) is 5.02. The molecule has 0 bridgehead atoms. The Hall–Kier alpha value is -1.62. The number of rotatable bonds is 6. The predicted octanol–water partition coefficient (Wildman–Crippen LogP) is 2.35. The quantitative estimate of drug-likeness (QED) is 0.832. The van der Waals surface area contributed by atoms with Crippen molar-refractivity contribution >= 4 is 5.97 Å². The van der Waals surface area contributed by atoms with Gasteiger partial charge in [-0.1, -0.05) is 6.07 Å². The zero-order valence-corrected chi connectivity index (χ0v) is 11.7. The first-order chi connectivity index (χ1) is 8.78. The van der Waals surface area contributed by atoms with E-state index in [2.05, 4.69) is 5.32 Å². The molecule has 0 aromatic heterocycles. The van der Waals surface area contributed by atoms with Gasteiger partial charge in [-0.3, -0.25) is 4.79 Å². The first-order valence-electron chi connectivity index (χ1n) is 6.13. The molecule has 1 aromatic rings. The fourth-order valence-corrected chi connectivity index (χ4v) is 1.79. The zero-order chi connectivity index (χ0) is 14.6. The Morgan fingerprint density at radius 2 is 2.21 bits per heavy atom. The average molecular weight is 269 g/mol. The number of benzene rings is 1. The standard InChI is InChI=1S/C14H20FNO3/c1-9-5-6-11(7-12(9)15)19-10(2)8-14(3,16-4)13(17)18/h5-7,10,16H,8H2,1-4H3,(H,17,18). The van der Waals surface area contributed by atoms with Gasteiger partial charge in [0.15, 0.2) is 0 Å². The molecule has 5 heteroatoms. The summed E-state index contributed by atoms with van der Waals surface area (Å²) >= 11 is 0. The number of nitrogens with one attached hydrogen (secondary N) is 1. The van der Waals surface area contributed by atoms with E-state index >= 15 is 0 Å². The Balaban J connectivity index is 2.71. The van der Waals surface area contributed by atoms with Gasteiger partial charge in [-0.15, -0.1) is 0 Å². The van der Waals surface area contributed by atoms with Gasteiger partial charge in [-0.25, -0.2) is 4.39 Å². The highest BCUT2D eigenvalue weighted by atomic mass is 19.1. The van der Waals surface area contributed by atoms with Gasteiger partial charge in [0.05, 0.1) is 6.10 Å². The fraction of sp³-hybridized carbons (Fsp3) is 0.500. The number of carbonyl (C=O) groups is 1. The second-order valence-electron chi connectivity index (χ2n) is 4.93. The second kappa shape index (κ2) is 6.02. The lowest BCUT2D eigenvalue weighted by Gasteiger charge is -2.27. The lowest BCUT2D eigenvalue weighted by atomic mass is 9.95.